The fourth-order valence-electron chi connectivity index (χ4n) is 1.58. The molecular weight excluding hydrogens is 264 g/mol. The SMILES string of the molecule is N#Cc1ccccc1CS(=O)(=O)NCc1ncc[nH]1. The van der Waals surface area contributed by atoms with Gasteiger partial charge in [0.15, 0.2) is 0 Å². The second-order valence-electron chi connectivity index (χ2n) is 3.89. The van der Waals surface area contributed by atoms with E-state index in [0.29, 0.717) is 17.0 Å². The average Bonchev–Trinajstić information content (AvgIpc) is 2.90. The molecule has 0 bridgehead atoms. The number of hydrogen-bond donors (Lipinski definition) is 2. The van der Waals surface area contributed by atoms with Gasteiger partial charge in [-0.1, -0.05) is 18.2 Å². The van der Waals surface area contributed by atoms with Crippen molar-refractivity contribution in [2.24, 2.45) is 0 Å². The van der Waals surface area contributed by atoms with Gasteiger partial charge in [0, 0.05) is 12.4 Å². The number of aromatic amines is 1. The first-order valence-electron chi connectivity index (χ1n) is 5.54. The minimum atomic E-state index is -3.50. The molecule has 0 unspecified atom stereocenters. The maximum Gasteiger partial charge on any atom is 0.216 e. The van der Waals surface area contributed by atoms with Gasteiger partial charge in [-0.15, -0.1) is 0 Å². The molecule has 0 radical (unpaired) electrons. The maximum absolute atomic E-state index is 11.9. The largest absolute Gasteiger partial charge is 0.347 e. The molecule has 0 fully saturated rings. The van der Waals surface area contributed by atoms with Crippen LogP contribution in [0.4, 0.5) is 0 Å². The van der Waals surface area contributed by atoms with Crippen LogP contribution in [0.1, 0.15) is 17.0 Å². The third-order valence-corrected chi connectivity index (χ3v) is 3.77. The topological polar surface area (TPSA) is 98.6 Å². The van der Waals surface area contributed by atoms with Crippen LogP contribution in [-0.2, 0) is 22.3 Å². The molecule has 0 saturated heterocycles. The standard InChI is InChI=1S/C12H12N4O2S/c13-7-10-3-1-2-4-11(10)9-19(17,18)16-8-12-14-5-6-15-12/h1-6,16H,8-9H2,(H,14,15). The Bertz CT molecular complexity index is 687. The van der Waals surface area contributed by atoms with Gasteiger partial charge in [-0.3, -0.25) is 0 Å². The first-order chi connectivity index (χ1) is 9.11. The van der Waals surface area contributed by atoms with Crippen molar-refractivity contribution in [1.82, 2.24) is 14.7 Å². The zero-order chi connectivity index (χ0) is 13.7. The van der Waals surface area contributed by atoms with Crippen LogP contribution in [-0.4, -0.2) is 18.4 Å². The van der Waals surface area contributed by atoms with E-state index in [4.69, 9.17) is 5.26 Å². The highest BCUT2D eigenvalue weighted by molar-refractivity contribution is 7.88. The number of nitrogens with zero attached hydrogens (tertiary/aromatic N) is 2. The van der Waals surface area contributed by atoms with Crippen LogP contribution in [0.25, 0.3) is 0 Å². The van der Waals surface area contributed by atoms with Gasteiger partial charge in [0.25, 0.3) is 0 Å². The molecule has 1 heterocycles. The van der Waals surface area contributed by atoms with E-state index < -0.39 is 10.0 Å². The highest BCUT2D eigenvalue weighted by atomic mass is 32.2. The van der Waals surface area contributed by atoms with E-state index in [0.717, 1.165) is 0 Å². The summed E-state index contributed by atoms with van der Waals surface area (Å²) in [7, 11) is -3.50. The summed E-state index contributed by atoms with van der Waals surface area (Å²) in [5.74, 6) is 0.314. The minimum absolute atomic E-state index is 0.101. The van der Waals surface area contributed by atoms with Crippen molar-refractivity contribution in [3.05, 3.63) is 53.6 Å². The molecule has 98 valence electrons. The number of nitriles is 1. The minimum Gasteiger partial charge on any atom is -0.347 e. The first kappa shape index (κ1) is 13.3. The van der Waals surface area contributed by atoms with Crippen molar-refractivity contribution >= 4 is 10.0 Å². The molecule has 2 aromatic rings. The summed E-state index contributed by atoms with van der Waals surface area (Å²) >= 11 is 0. The molecule has 2 rings (SSSR count). The quantitative estimate of drug-likeness (QED) is 0.847. The van der Waals surface area contributed by atoms with E-state index in [1.807, 2.05) is 6.07 Å². The fourth-order valence-corrected chi connectivity index (χ4v) is 2.70. The summed E-state index contributed by atoms with van der Waals surface area (Å²) in [6, 6.07) is 8.61. The molecule has 0 spiro atoms. The number of sulfonamides is 1. The zero-order valence-corrected chi connectivity index (χ0v) is 10.8. The second kappa shape index (κ2) is 5.65. The second-order valence-corrected chi connectivity index (χ2v) is 5.69. The third-order valence-electron chi connectivity index (χ3n) is 2.50. The van der Waals surface area contributed by atoms with Gasteiger partial charge in [0.05, 0.1) is 23.9 Å². The Labute approximate surface area is 111 Å². The van der Waals surface area contributed by atoms with Gasteiger partial charge in [-0.25, -0.2) is 18.1 Å². The molecule has 1 aromatic carbocycles. The summed E-state index contributed by atoms with van der Waals surface area (Å²) in [5, 5.41) is 8.92. The molecule has 19 heavy (non-hydrogen) atoms. The van der Waals surface area contributed by atoms with Gasteiger partial charge in [-0.05, 0) is 11.6 Å². The average molecular weight is 276 g/mol. The molecule has 1 aromatic heterocycles. The number of benzene rings is 1. The van der Waals surface area contributed by atoms with Crippen LogP contribution in [0.15, 0.2) is 36.7 Å². The van der Waals surface area contributed by atoms with Crippen LogP contribution in [0.3, 0.4) is 0 Å². The molecule has 0 saturated carbocycles. The molecule has 0 aliphatic rings. The number of hydrogen-bond acceptors (Lipinski definition) is 4. The Morgan fingerprint density at radius 1 is 1.37 bits per heavy atom. The Morgan fingerprint density at radius 2 is 2.16 bits per heavy atom. The number of H-pyrrole nitrogens is 1. The van der Waals surface area contributed by atoms with Crippen LogP contribution in [0, 0.1) is 11.3 Å². The van der Waals surface area contributed by atoms with Crippen molar-refractivity contribution in [2.75, 3.05) is 0 Å². The molecule has 0 aliphatic carbocycles. The maximum atomic E-state index is 11.9. The summed E-state index contributed by atoms with van der Waals surface area (Å²) < 4.78 is 26.2. The molecular formula is C12H12N4O2S. The smallest absolute Gasteiger partial charge is 0.216 e. The van der Waals surface area contributed by atoms with E-state index >= 15 is 0 Å². The van der Waals surface area contributed by atoms with E-state index in [2.05, 4.69) is 14.7 Å². The summed E-state index contributed by atoms with van der Waals surface area (Å²) in [6.45, 7) is 0.101. The normalized spacial score (nSPS) is 11.1. The van der Waals surface area contributed by atoms with Crippen LogP contribution in [0.5, 0.6) is 0 Å². The van der Waals surface area contributed by atoms with Gasteiger partial charge in [0.2, 0.25) is 10.0 Å². The zero-order valence-electron chi connectivity index (χ0n) is 10.00. The lowest BCUT2D eigenvalue weighted by molar-refractivity contribution is 0.578. The predicted octanol–water partition coefficient (Wildman–Crippen LogP) is 0.901. The Balaban J connectivity index is 2.07. The number of rotatable bonds is 5. The molecule has 0 amide bonds. The van der Waals surface area contributed by atoms with Crippen molar-refractivity contribution in [1.29, 1.82) is 5.26 Å². The molecule has 0 aliphatic heterocycles. The monoisotopic (exact) mass is 276 g/mol. The summed E-state index contributed by atoms with van der Waals surface area (Å²) in [4.78, 5) is 6.73. The molecule has 2 N–H and O–H groups in total. The van der Waals surface area contributed by atoms with E-state index in [-0.39, 0.29) is 12.3 Å². The highest BCUT2D eigenvalue weighted by Gasteiger charge is 2.14. The van der Waals surface area contributed by atoms with Gasteiger partial charge < -0.3 is 4.98 Å². The third kappa shape index (κ3) is 3.64. The lowest BCUT2D eigenvalue weighted by atomic mass is 10.1. The fraction of sp³-hybridized carbons (Fsp3) is 0.167. The highest BCUT2D eigenvalue weighted by Crippen LogP contribution is 2.11. The van der Waals surface area contributed by atoms with Gasteiger partial charge in [0.1, 0.15) is 5.82 Å². The Kier molecular flexibility index (Phi) is 3.94. The van der Waals surface area contributed by atoms with Crippen LogP contribution >= 0.6 is 0 Å². The summed E-state index contributed by atoms with van der Waals surface area (Å²) in [6.07, 6.45) is 3.17. The van der Waals surface area contributed by atoms with Crippen molar-refractivity contribution in [3.8, 4) is 6.07 Å². The number of imidazole rings is 1. The summed E-state index contributed by atoms with van der Waals surface area (Å²) in [5.41, 5.74) is 0.850. The molecule has 7 heteroatoms. The van der Waals surface area contributed by atoms with E-state index in [1.54, 1.807) is 36.7 Å². The lowest BCUT2D eigenvalue weighted by Gasteiger charge is -2.06. The van der Waals surface area contributed by atoms with E-state index in [1.165, 1.54) is 0 Å². The Morgan fingerprint density at radius 3 is 2.84 bits per heavy atom. The molecule has 0 atom stereocenters. The van der Waals surface area contributed by atoms with Crippen molar-refractivity contribution in [3.63, 3.8) is 0 Å². The predicted molar refractivity (Wildman–Crippen MR) is 69.2 cm³/mol. The lowest BCUT2D eigenvalue weighted by Crippen LogP contribution is -2.25. The van der Waals surface area contributed by atoms with E-state index in [9.17, 15) is 8.42 Å². The van der Waals surface area contributed by atoms with Gasteiger partial charge in [-0.2, -0.15) is 5.26 Å². The first-order valence-corrected chi connectivity index (χ1v) is 7.19. The van der Waals surface area contributed by atoms with Gasteiger partial charge >= 0.3 is 0 Å². The number of aromatic nitrogens is 2. The Hall–Kier alpha value is -2.17. The molecule has 6 nitrogen and oxygen atoms in total. The van der Waals surface area contributed by atoms with Crippen molar-refractivity contribution < 1.29 is 8.42 Å². The van der Waals surface area contributed by atoms with Crippen molar-refractivity contribution in [2.45, 2.75) is 12.3 Å². The van der Waals surface area contributed by atoms with Crippen LogP contribution < -0.4 is 4.72 Å². The number of nitrogens with one attached hydrogen (secondary N) is 2. The van der Waals surface area contributed by atoms with Crippen LogP contribution in [0.2, 0.25) is 0 Å².